The van der Waals surface area contributed by atoms with Crippen molar-refractivity contribution in [2.45, 2.75) is 25.4 Å². The summed E-state index contributed by atoms with van der Waals surface area (Å²) in [6.07, 6.45) is -4.33. The molecule has 0 heterocycles. The van der Waals surface area contributed by atoms with E-state index < -0.39 is 12.6 Å². The predicted octanol–water partition coefficient (Wildman–Crippen LogP) is 3.45. The zero-order chi connectivity index (χ0) is 15.7. The third kappa shape index (κ3) is 8.52. The Hall–Kier alpha value is -1.34. The van der Waals surface area contributed by atoms with Crippen molar-refractivity contribution in [2.24, 2.45) is 5.73 Å². The fourth-order valence-electron chi connectivity index (χ4n) is 1.57. The third-order valence-corrected chi connectivity index (χ3v) is 2.80. The van der Waals surface area contributed by atoms with E-state index in [1.807, 2.05) is 0 Å². The maximum absolute atomic E-state index is 11.9. The van der Waals surface area contributed by atoms with Gasteiger partial charge in [-0.05, 0) is 18.6 Å². The Morgan fingerprint density at radius 2 is 1.86 bits per heavy atom. The summed E-state index contributed by atoms with van der Waals surface area (Å²) < 4.78 is 46.2. The molecular formula is C14H18F3NO2S. The molecule has 1 aromatic carbocycles. The minimum atomic E-state index is -4.11. The highest BCUT2D eigenvalue weighted by atomic mass is 32.1. The Morgan fingerprint density at radius 1 is 1.14 bits per heavy atom. The van der Waals surface area contributed by atoms with Crippen molar-refractivity contribution in [3.8, 4) is 5.75 Å². The van der Waals surface area contributed by atoms with Gasteiger partial charge in [0, 0.05) is 31.6 Å². The molecule has 0 aliphatic rings. The molecule has 0 aliphatic heterocycles. The van der Waals surface area contributed by atoms with E-state index in [0.717, 1.165) is 5.56 Å². The normalized spacial score (nSPS) is 11.4. The molecule has 21 heavy (non-hydrogen) atoms. The lowest BCUT2D eigenvalue weighted by atomic mass is 10.2. The molecule has 0 radical (unpaired) electrons. The Bertz CT molecular complexity index is 452. The van der Waals surface area contributed by atoms with Gasteiger partial charge >= 0.3 is 6.18 Å². The van der Waals surface area contributed by atoms with Gasteiger partial charge in [0.15, 0.2) is 0 Å². The lowest BCUT2D eigenvalue weighted by Gasteiger charge is -2.09. The summed E-state index contributed by atoms with van der Waals surface area (Å²) in [6.45, 7) is 0.892. The first-order chi connectivity index (χ1) is 9.88. The first-order valence-electron chi connectivity index (χ1n) is 6.55. The van der Waals surface area contributed by atoms with E-state index in [1.165, 1.54) is 0 Å². The van der Waals surface area contributed by atoms with Crippen molar-refractivity contribution in [1.29, 1.82) is 0 Å². The molecular weight excluding hydrogens is 303 g/mol. The molecule has 0 saturated heterocycles. The number of benzene rings is 1. The summed E-state index contributed by atoms with van der Waals surface area (Å²) in [6, 6.07) is 7.11. The molecule has 0 saturated carbocycles. The highest BCUT2D eigenvalue weighted by Crippen LogP contribution is 2.21. The van der Waals surface area contributed by atoms with E-state index in [4.69, 9.17) is 27.4 Å². The molecule has 1 rings (SSSR count). The van der Waals surface area contributed by atoms with Crippen molar-refractivity contribution < 1.29 is 22.6 Å². The molecule has 1 aromatic rings. The fraction of sp³-hybridized carbons (Fsp3) is 0.500. The van der Waals surface area contributed by atoms with Crippen LogP contribution < -0.4 is 10.5 Å². The van der Waals surface area contributed by atoms with Crippen LogP contribution in [0.2, 0.25) is 0 Å². The second-order valence-corrected chi connectivity index (χ2v) is 4.87. The Labute approximate surface area is 127 Å². The standard InChI is InChI=1S/C14H18F3NO2S/c15-14(16,17)6-2-7-19-8-3-9-20-12-5-1-4-11(10-12)13(18)21/h1,4-5,10H,2-3,6-9H2,(H2,18,21). The molecule has 0 unspecified atom stereocenters. The van der Waals surface area contributed by atoms with Crippen LogP contribution in [0.4, 0.5) is 13.2 Å². The van der Waals surface area contributed by atoms with Gasteiger partial charge in [0.05, 0.1) is 6.61 Å². The van der Waals surface area contributed by atoms with E-state index >= 15 is 0 Å². The van der Waals surface area contributed by atoms with Crippen LogP contribution in [-0.2, 0) is 4.74 Å². The summed E-state index contributed by atoms with van der Waals surface area (Å²) in [5.74, 6) is 0.650. The number of nitrogens with two attached hydrogens (primary N) is 1. The van der Waals surface area contributed by atoms with Crippen LogP contribution in [-0.4, -0.2) is 31.0 Å². The summed E-state index contributed by atoms with van der Waals surface area (Å²) in [4.78, 5) is 0.299. The van der Waals surface area contributed by atoms with E-state index in [9.17, 15) is 13.2 Å². The van der Waals surface area contributed by atoms with Crippen LogP contribution in [0, 0.1) is 0 Å². The zero-order valence-corrected chi connectivity index (χ0v) is 12.3. The van der Waals surface area contributed by atoms with Crippen molar-refractivity contribution in [3.05, 3.63) is 29.8 Å². The monoisotopic (exact) mass is 321 g/mol. The summed E-state index contributed by atoms with van der Waals surface area (Å²) >= 11 is 4.86. The van der Waals surface area contributed by atoms with Crippen molar-refractivity contribution in [1.82, 2.24) is 0 Å². The van der Waals surface area contributed by atoms with E-state index in [1.54, 1.807) is 24.3 Å². The van der Waals surface area contributed by atoms with Gasteiger partial charge in [-0.15, -0.1) is 0 Å². The molecule has 0 bridgehead atoms. The SMILES string of the molecule is NC(=S)c1cccc(OCCCOCCCC(F)(F)F)c1. The number of rotatable bonds is 9. The van der Waals surface area contributed by atoms with Crippen molar-refractivity contribution in [3.63, 3.8) is 0 Å². The van der Waals surface area contributed by atoms with Crippen molar-refractivity contribution >= 4 is 17.2 Å². The minimum Gasteiger partial charge on any atom is -0.493 e. The fourth-order valence-corrected chi connectivity index (χ4v) is 1.69. The first-order valence-corrected chi connectivity index (χ1v) is 6.96. The third-order valence-electron chi connectivity index (χ3n) is 2.57. The van der Waals surface area contributed by atoms with E-state index in [0.29, 0.717) is 30.4 Å². The topological polar surface area (TPSA) is 44.5 Å². The quantitative estimate of drug-likeness (QED) is 0.559. The molecule has 0 spiro atoms. The van der Waals surface area contributed by atoms with Crippen LogP contribution in [0.5, 0.6) is 5.75 Å². The van der Waals surface area contributed by atoms with Gasteiger partial charge < -0.3 is 15.2 Å². The number of hydrogen-bond donors (Lipinski definition) is 1. The van der Waals surface area contributed by atoms with Gasteiger partial charge in [-0.1, -0.05) is 24.4 Å². The molecule has 0 aliphatic carbocycles. The maximum Gasteiger partial charge on any atom is 0.389 e. The molecule has 2 N–H and O–H groups in total. The van der Waals surface area contributed by atoms with Crippen LogP contribution >= 0.6 is 12.2 Å². The number of alkyl halides is 3. The average molecular weight is 321 g/mol. The largest absolute Gasteiger partial charge is 0.493 e. The molecule has 7 heteroatoms. The minimum absolute atomic E-state index is 0.0135. The first kappa shape index (κ1) is 17.7. The Balaban J connectivity index is 2.09. The number of ether oxygens (including phenoxy) is 2. The number of halogens is 3. The van der Waals surface area contributed by atoms with Crippen molar-refractivity contribution in [2.75, 3.05) is 19.8 Å². The smallest absolute Gasteiger partial charge is 0.389 e. The predicted molar refractivity (Wildman–Crippen MR) is 78.5 cm³/mol. The highest BCUT2D eigenvalue weighted by molar-refractivity contribution is 7.80. The van der Waals surface area contributed by atoms with E-state index in [2.05, 4.69) is 0 Å². The van der Waals surface area contributed by atoms with Gasteiger partial charge in [0.25, 0.3) is 0 Å². The van der Waals surface area contributed by atoms with Gasteiger partial charge in [0.2, 0.25) is 0 Å². The zero-order valence-electron chi connectivity index (χ0n) is 11.5. The molecule has 118 valence electrons. The average Bonchev–Trinajstić information content (AvgIpc) is 2.41. The highest BCUT2D eigenvalue weighted by Gasteiger charge is 2.25. The molecule has 3 nitrogen and oxygen atoms in total. The van der Waals surface area contributed by atoms with Crippen LogP contribution in [0.3, 0.4) is 0 Å². The van der Waals surface area contributed by atoms with Gasteiger partial charge in [-0.3, -0.25) is 0 Å². The van der Waals surface area contributed by atoms with Crippen LogP contribution in [0.15, 0.2) is 24.3 Å². The molecule has 0 aromatic heterocycles. The molecule has 0 fully saturated rings. The second kappa shape index (κ2) is 8.84. The molecule has 0 atom stereocenters. The van der Waals surface area contributed by atoms with Crippen LogP contribution in [0.25, 0.3) is 0 Å². The van der Waals surface area contributed by atoms with E-state index in [-0.39, 0.29) is 13.0 Å². The summed E-state index contributed by atoms with van der Waals surface area (Å²) in [7, 11) is 0. The molecule has 0 amide bonds. The second-order valence-electron chi connectivity index (χ2n) is 4.43. The number of hydrogen-bond acceptors (Lipinski definition) is 3. The van der Waals surface area contributed by atoms with Gasteiger partial charge in [0.1, 0.15) is 10.7 Å². The number of thiocarbonyl (C=S) groups is 1. The lowest BCUT2D eigenvalue weighted by Crippen LogP contribution is -2.10. The summed E-state index contributed by atoms with van der Waals surface area (Å²) in [5, 5.41) is 0. The Kier molecular flexibility index (Phi) is 7.45. The maximum atomic E-state index is 11.9. The Morgan fingerprint density at radius 3 is 2.52 bits per heavy atom. The van der Waals surface area contributed by atoms with Gasteiger partial charge in [-0.2, -0.15) is 13.2 Å². The van der Waals surface area contributed by atoms with Gasteiger partial charge in [-0.25, -0.2) is 0 Å². The van der Waals surface area contributed by atoms with Crippen LogP contribution in [0.1, 0.15) is 24.8 Å². The summed E-state index contributed by atoms with van der Waals surface area (Å²) in [5.41, 5.74) is 6.24. The lowest BCUT2D eigenvalue weighted by molar-refractivity contribution is -0.137.